The van der Waals surface area contributed by atoms with Gasteiger partial charge in [0.1, 0.15) is 11.6 Å². The molecule has 0 spiro atoms. The zero-order chi connectivity index (χ0) is 20.6. The van der Waals surface area contributed by atoms with Crippen LogP contribution in [0.15, 0.2) is 35.2 Å². The first-order chi connectivity index (χ1) is 13.9. The zero-order valence-electron chi connectivity index (χ0n) is 16.3. The first kappa shape index (κ1) is 20.3. The Morgan fingerprint density at radius 3 is 2.45 bits per heavy atom. The highest BCUT2D eigenvalue weighted by Crippen LogP contribution is 2.33. The summed E-state index contributed by atoms with van der Waals surface area (Å²) in [6, 6.07) is 6.89. The predicted octanol–water partition coefficient (Wildman–Crippen LogP) is 2.52. The molecule has 0 amide bonds. The van der Waals surface area contributed by atoms with Crippen molar-refractivity contribution in [1.29, 1.82) is 0 Å². The molecule has 5 nitrogen and oxygen atoms in total. The van der Waals surface area contributed by atoms with Crippen LogP contribution in [-0.2, 0) is 22.9 Å². The number of rotatable bonds is 4. The number of hydrogen-bond acceptors (Lipinski definition) is 4. The maximum Gasteiger partial charge on any atom is 0.246 e. The van der Waals surface area contributed by atoms with Crippen molar-refractivity contribution >= 4 is 15.7 Å². The van der Waals surface area contributed by atoms with E-state index in [1.165, 1.54) is 11.1 Å². The summed E-state index contributed by atoms with van der Waals surface area (Å²) in [5.41, 5.74) is 4.72. The third kappa shape index (κ3) is 4.01. The molecule has 2 aromatic rings. The molecule has 2 aliphatic rings. The van der Waals surface area contributed by atoms with Crippen molar-refractivity contribution in [2.75, 3.05) is 31.1 Å². The molecule has 2 aromatic carbocycles. The molecule has 0 saturated carbocycles. The number of nitrogens with one attached hydrogen (secondary N) is 2. The lowest BCUT2D eigenvalue weighted by Gasteiger charge is -2.35. The van der Waals surface area contributed by atoms with Gasteiger partial charge in [0.15, 0.2) is 4.90 Å². The summed E-state index contributed by atoms with van der Waals surface area (Å²) in [7, 11) is -4.30. The van der Waals surface area contributed by atoms with Crippen LogP contribution in [0.1, 0.15) is 23.1 Å². The fraction of sp³-hybridized carbons (Fsp3) is 0.429. The van der Waals surface area contributed by atoms with Gasteiger partial charge in [-0.2, -0.15) is 0 Å². The van der Waals surface area contributed by atoms with Gasteiger partial charge in [0.05, 0.1) is 0 Å². The molecular weight excluding hydrogens is 396 g/mol. The van der Waals surface area contributed by atoms with Crippen LogP contribution < -0.4 is 14.9 Å². The maximum atomic E-state index is 14.0. The Balaban J connectivity index is 1.62. The standard InChI is InChI=1S/C21H25F2N3O2S/c1-14-5-8-20(26-11-9-24-10-12-26)17-13-15(6-7-16(14)17)25-29(27,28)21-18(22)3-2-4-19(21)23/h2-5,8,15,24-25H,6-7,9-13H2,1H3/t15-/m1/s1. The number of piperazine rings is 1. The van der Waals surface area contributed by atoms with Gasteiger partial charge in [-0.1, -0.05) is 12.1 Å². The Kier molecular flexibility index (Phi) is 5.59. The van der Waals surface area contributed by atoms with Crippen LogP contribution >= 0.6 is 0 Å². The summed E-state index contributed by atoms with van der Waals surface area (Å²) in [6.07, 6.45) is 1.83. The summed E-state index contributed by atoms with van der Waals surface area (Å²) < 4.78 is 56.0. The second kappa shape index (κ2) is 8.01. The molecule has 8 heteroatoms. The van der Waals surface area contributed by atoms with E-state index in [-0.39, 0.29) is 0 Å². The molecule has 0 bridgehead atoms. The number of hydrogen-bond donors (Lipinski definition) is 2. The van der Waals surface area contributed by atoms with Gasteiger partial charge >= 0.3 is 0 Å². The minimum absolute atomic E-state index is 0.407. The van der Waals surface area contributed by atoms with Crippen LogP contribution in [0.4, 0.5) is 14.5 Å². The first-order valence-corrected chi connectivity index (χ1v) is 11.4. The van der Waals surface area contributed by atoms with Crippen LogP contribution in [0.2, 0.25) is 0 Å². The SMILES string of the molecule is Cc1ccc(N2CCNCC2)c2c1CC[C@@H](NS(=O)(=O)c1c(F)cccc1F)C2. The minimum atomic E-state index is -4.30. The van der Waals surface area contributed by atoms with Crippen LogP contribution in [0.3, 0.4) is 0 Å². The van der Waals surface area contributed by atoms with Crippen molar-refractivity contribution in [3.05, 3.63) is 58.7 Å². The van der Waals surface area contributed by atoms with Crippen molar-refractivity contribution in [2.24, 2.45) is 0 Å². The van der Waals surface area contributed by atoms with E-state index in [1.54, 1.807) is 0 Å². The Morgan fingerprint density at radius 2 is 1.76 bits per heavy atom. The molecule has 1 aliphatic heterocycles. The van der Waals surface area contributed by atoms with E-state index in [0.29, 0.717) is 12.8 Å². The molecular formula is C21H25F2N3O2S. The van der Waals surface area contributed by atoms with E-state index < -0.39 is 32.6 Å². The molecule has 1 saturated heterocycles. The Labute approximate surface area is 170 Å². The smallest absolute Gasteiger partial charge is 0.246 e. The number of aryl methyl sites for hydroxylation is 1. The van der Waals surface area contributed by atoms with Crippen molar-refractivity contribution < 1.29 is 17.2 Å². The number of nitrogens with zero attached hydrogens (tertiary/aromatic N) is 1. The van der Waals surface area contributed by atoms with Gasteiger partial charge in [0, 0.05) is 37.9 Å². The summed E-state index contributed by atoms with van der Waals surface area (Å²) in [5.74, 6) is -2.16. The largest absolute Gasteiger partial charge is 0.369 e. The third-order valence-corrected chi connectivity index (χ3v) is 7.37. The highest BCUT2D eigenvalue weighted by molar-refractivity contribution is 7.89. The molecule has 0 aromatic heterocycles. The van der Waals surface area contributed by atoms with Crippen molar-refractivity contribution in [3.8, 4) is 0 Å². The number of sulfonamides is 1. The van der Waals surface area contributed by atoms with E-state index in [0.717, 1.165) is 62.0 Å². The monoisotopic (exact) mass is 421 g/mol. The van der Waals surface area contributed by atoms with E-state index in [4.69, 9.17) is 0 Å². The Hall–Kier alpha value is -2.03. The van der Waals surface area contributed by atoms with Crippen LogP contribution in [-0.4, -0.2) is 40.6 Å². The fourth-order valence-electron chi connectivity index (χ4n) is 4.36. The lowest BCUT2D eigenvalue weighted by Crippen LogP contribution is -2.45. The van der Waals surface area contributed by atoms with E-state index in [2.05, 4.69) is 34.0 Å². The van der Waals surface area contributed by atoms with Crippen molar-refractivity contribution in [2.45, 2.75) is 37.1 Å². The summed E-state index contributed by atoms with van der Waals surface area (Å²) in [5, 5.41) is 3.34. The van der Waals surface area contributed by atoms with Crippen LogP contribution in [0.25, 0.3) is 0 Å². The molecule has 1 heterocycles. The average molecular weight is 422 g/mol. The predicted molar refractivity (Wildman–Crippen MR) is 109 cm³/mol. The molecule has 0 unspecified atom stereocenters. The normalized spacial score (nSPS) is 19.8. The Bertz CT molecular complexity index is 1000. The molecule has 4 rings (SSSR count). The Morgan fingerprint density at radius 1 is 1.07 bits per heavy atom. The van der Waals surface area contributed by atoms with E-state index in [1.807, 2.05) is 0 Å². The zero-order valence-corrected chi connectivity index (χ0v) is 17.2. The molecule has 0 radical (unpaired) electrons. The molecule has 1 aliphatic carbocycles. The number of benzene rings is 2. The van der Waals surface area contributed by atoms with Gasteiger partial charge in [0.25, 0.3) is 0 Å². The average Bonchev–Trinajstić information content (AvgIpc) is 2.68. The van der Waals surface area contributed by atoms with Gasteiger partial charge in [0.2, 0.25) is 10.0 Å². The summed E-state index contributed by atoms with van der Waals surface area (Å²) >= 11 is 0. The van der Waals surface area contributed by atoms with E-state index in [9.17, 15) is 17.2 Å². The van der Waals surface area contributed by atoms with Crippen LogP contribution in [0, 0.1) is 18.6 Å². The second-order valence-corrected chi connectivity index (χ2v) is 9.36. The molecule has 29 heavy (non-hydrogen) atoms. The maximum absolute atomic E-state index is 14.0. The van der Waals surface area contributed by atoms with E-state index >= 15 is 0 Å². The quantitative estimate of drug-likeness (QED) is 0.797. The van der Waals surface area contributed by atoms with Crippen LogP contribution in [0.5, 0.6) is 0 Å². The molecule has 156 valence electrons. The van der Waals surface area contributed by atoms with Crippen molar-refractivity contribution in [1.82, 2.24) is 10.0 Å². The molecule has 1 atom stereocenters. The molecule has 1 fully saturated rings. The second-order valence-electron chi connectivity index (χ2n) is 7.71. The van der Waals surface area contributed by atoms with Crippen molar-refractivity contribution in [3.63, 3.8) is 0 Å². The summed E-state index contributed by atoms with van der Waals surface area (Å²) in [4.78, 5) is 1.42. The minimum Gasteiger partial charge on any atom is -0.369 e. The topological polar surface area (TPSA) is 61.4 Å². The number of halogens is 2. The summed E-state index contributed by atoms with van der Waals surface area (Å²) in [6.45, 7) is 5.68. The highest BCUT2D eigenvalue weighted by atomic mass is 32.2. The van der Waals surface area contributed by atoms with Gasteiger partial charge in [-0.15, -0.1) is 0 Å². The van der Waals surface area contributed by atoms with Gasteiger partial charge in [-0.05, 0) is 61.1 Å². The van der Waals surface area contributed by atoms with Gasteiger partial charge < -0.3 is 10.2 Å². The number of anilines is 1. The lowest BCUT2D eigenvalue weighted by atomic mass is 9.84. The lowest BCUT2D eigenvalue weighted by molar-refractivity contribution is 0.485. The molecule has 2 N–H and O–H groups in total. The fourth-order valence-corrected chi connectivity index (χ4v) is 5.77. The third-order valence-electron chi connectivity index (χ3n) is 5.80. The first-order valence-electron chi connectivity index (χ1n) is 9.90. The van der Waals surface area contributed by atoms with Gasteiger partial charge in [-0.25, -0.2) is 21.9 Å². The number of fused-ring (bicyclic) bond motifs is 1. The highest BCUT2D eigenvalue weighted by Gasteiger charge is 2.31. The van der Waals surface area contributed by atoms with Gasteiger partial charge in [-0.3, -0.25) is 0 Å².